The van der Waals surface area contributed by atoms with Gasteiger partial charge in [0, 0.05) is 6.42 Å². The number of para-hydroxylation sites is 1. The number of ether oxygens (including phenoxy) is 1. The molecule has 1 saturated heterocycles. The van der Waals surface area contributed by atoms with Crippen LogP contribution in [0.25, 0.3) is 0 Å². The molecule has 1 fully saturated rings. The predicted molar refractivity (Wildman–Crippen MR) is 76.0 cm³/mol. The van der Waals surface area contributed by atoms with Crippen LogP contribution in [0.5, 0.6) is 0 Å². The lowest BCUT2D eigenvalue weighted by molar-refractivity contribution is -0.154. The number of hydrogen-bond acceptors (Lipinski definition) is 6. The number of esters is 1. The SMILES string of the molecule is CCOC(=O)[C@H]1C[C@H](NC(=O)CN)N(c2ccccc2)O1. The summed E-state index contributed by atoms with van der Waals surface area (Å²) in [4.78, 5) is 28.9. The molecular formula is C14H19N3O4. The molecule has 1 aliphatic rings. The number of nitrogens with two attached hydrogens (primary N) is 1. The third kappa shape index (κ3) is 3.71. The smallest absolute Gasteiger partial charge is 0.338 e. The summed E-state index contributed by atoms with van der Waals surface area (Å²) >= 11 is 0. The second-order valence-electron chi connectivity index (χ2n) is 4.53. The standard InChI is InChI=1S/C14H19N3O4/c1-2-20-14(19)11-8-12(16-13(18)9-15)17(21-11)10-6-4-3-5-7-10/h3-7,11-12H,2,8-9,15H2,1H3,(H,16,18)/t11-,12-/m1/s1. The van der Waals surface area contributed by atoms with Gasteiger partial charge < -0.3 is 15.8 Å². The van der Waals surface area contributed by atoms with Gasteiger partial charge in [-0.1, -0.05) is 18.2 Å². The van der Waals surface area contributed by atoms with Crippen LogP contribution in [0.3, 0.4) is 0 Å². The van der Waals surface area contributed by atoms with Crippen molar-refractivity contribution in [3.63, 3.8) is 0 Å². The average molecular weight is 293 g/mol. The van der Waals surface area contributed by atoms with Gasteiger partial charge in [-0.3, -0.25) is 9.63 Å². The number of rotatable bonds is 5. The van der Waals surface area contributed by atoms with E-state index in [0.717, 1.165) is 5.69 Å². The maximum atomic E-state index is 11.8. The van der Waals surface area contributed by atoms with Crippen LogP contribution in [0.2, 0.25) is 0 Å². The van der Waals surface area contributed by atoms with E-state index in [2.05, 4.69) is 5.32 Å². The zero-order chi connectivity index (χ0) is 15.2. The summed E-state index contributed by atoms with van der Waals surface area (Å²) in [7, 11) is 0. The summed E-state index contributed by atoms with van der Waals surface area (Å²) in [6.07, 6.45) is -0.898. The largest absolute Gasteiger partial charge is 0.464 e. The Morgan fingerprint density at radius 2 is 2.14 bits per heavy atom. The van der Waals surface area contributed by atoms with Crippen molar-refractivity contribution >= 4 is 17.6 Å². The van der Waals surface area contributed by atoms with E-state index in [9.17, 15) is 9.59 Å². The third-order valence-electron chi connectivity index (χ3n) is 3.03. The van der Waals surface area contributed by atoms with Crippen LogP contribution < -0.4 is 16.1 Å². The van der Waals surface area contributed by atoms with Crippen LogP contribution in [0.4, 0.5) is 5.69 Å². The van der Waals surface area contributed by atoms with Gasteiger partial charge in [0.05, 0.1) is 18.8 Å². The van der Waals surface area contributed by atoms with E-state index in [0.29, 0.717) is 6.42 Å². The second-order valence-corrected chi connectivity index (χ2v) is 4.53. The van der Waals surface area contributed by atoms with Crippen LogP contribution in [-0.4, -0.2) is 37.3 Å². The quantitative estimate of drug-likeness (QED) is 0.751. The molecule has 2 rings (SSSR count). The van der Waals surface area contributed by atoms with E-state index in [1.54, 1.807) is 6.92 Å². The maximum absolute atomic E-state index is 11.8. The lowest BCUT2D eigenvalue weighted by Crippen LogP contribution is -2.46. The first-order valence-electron chi connectivity index (χ1n) is 6.82. The minimum Gasteiger partial charge on any atom is -0.464 e. The van der Waals surface area contributed by atoms with E-state index >= 15 is 0 Å². The summed E-state index contributed by atoms with van der Waals surface area (Å²) in [6.45, 7) is 1.89. The molecule has 0 saturated carbocycles. The molecule has 0 aromatic heterocycles. The van der Waals surface area contributed by atoms with Gasteiger partial charge in [-0.25, -0.2) is 9.86 Å². The summed E-state index contributed by atoms with van der Waals surface area (Å²) < 4.78 is 4.96. The van der Waals surface area contributed by atoms with Crippen LogP contribution in [0.15, 0.2) is 30.3 Å². The van der Waals surface area contributed by atoms with Crippen molar-refractivity contribution in [2.24, 2.45) is 5.73 Å². The van der Waals surface area contributed by atoms with Gasteiger partial charge in [0.2, 0.25) is 5.91 Å². The van der Waals surface area contributed by atoms with Crippen molar-refractivity contribution in [2.45, 2.75) is 25.6 Å². The van der Waals surface area contributed by atoms with Gasteiger partial charge in [-0.2, -0.15) is 0 Å². The first-order valence-corrected chi connectivity index (χ1v) is 6.82. The summed E-state index contributed by atoms with van der Waals surface area (Å²) in [5.41, 5.74) is 6.06. The summed E-state index contributed by atoms with van der Waals surface area (Å²) in [5.74, 6) is -0.753. The van der Waals surface area contributed by atoms with E-state index < -0.39 is 18.2 Å². The number of hydroxylamine groups is 1. The fourth-order valence-corrected chi connectivity index (χ4v) is 2.10. The molecule has 0 aliphatic carbocycles. The van der Waals surface area contributed by atoms with E-state index in [1.807, 2.05) is 30.3 Å². The summed E-state index contributed by atoms with van der Waals surface area (Å²) in [6, 6.07) is 9.22. The molecule has 114 valence electrons. The van der Waals surface area contributed by atoms with Gasteiger partial charge in [0.15, 0.2) is 6.10 Å². The second kappa shape index (κ2) is 7.05. The molecule has 2 atom stereocenters. The molecular weight excluding hydrogens is 274 g/mol. The van der Waals surface area contributed by atoms with Gasteiger partial charge in [0.25, 0.3) is 0 Å². The Labute approximate surface area is 122 Å². The lowest BCUT2D eigenvalue weighted by atomic mass is 10.2. The molecule has 7 heteroatoms. The Bertz CT molecular complexity index is 494. The van der Waals surface area contributed by atoms with Gasteiger partial charge in [-0.15, -0.1) is 0 Å². The number of carbonyl (C=O) groups is 2. The Morgan fingerprint density at radius 3 is 2.76 bits per heavy atom. The number of amides is 1. The topological polar surface area (TPSA) is 93.9 Å². The van der Waals surface area contributed by atoms with Crippen LogP contribution in [-0.2, 0) is 19.2 Å². The van der Waals surface area contributed by atoms with Crippen LogP contribution >= 0.6 is 0 Å². The molecule has 0 radical (unpaired) electrons. The number of carbonyl (C=O) groups excluding carboxylic acids is 2. The van der Waals surface area contributed by atoms with Gasteiger partial charge in [0.1, 0.15) is 6.17 Å². The molecule has 1 aromatic rings. The van der Waals surface area contributed by atoms with Crippen molar-refractivity contribution in [3.05, 3.63) is 30.3 Å². The molecule has 1 amide bonds. The van der Waals surface area contributed by atoms with E-state index in [1.165, 1.54) is 5.06 Å². The van der Waals surface area contributed by atoms with Gasteiger partial charge in [-0.05, 0) is 19.1 Å². The fourth-order valence-electron chi connectivity index (χ4n) is 2.10. The number of hydrogen-bond donors (Lipinski definition) is 2. The van der Waals surface area contributed by atoms with Crippen molar-refractivity contribution in [1.82, 2.24) is 5.32 Å². The minimum atomic E-state index is -0.742. The number of benzene rings is 1. The Balaban J connectivity index is 2.14. The molecule has 0 bridgehead atoms. The monoisotopic (exact) mass is 293 g/mol. The first-order chi connectivity index (χ1) is 10.2. The molecule has 1 aromatic carbocycles. The highest BCUT2D eigenvalue weighted by molar-refractivity contribution is 5.79. The van der Waals surface area contributed by atoms with Crippen molar-refractivity contribution in [2.75, 3.05) is 18.2 Å². The normalized spacial score (nSPS) is 21.1. The third-order valence-corrected chi connectivity index (χ3v) is 3.03. The zero-order valence-electron chi connectivity index (χ0n) is 11.8. The maximum Gasteiger partial charge on any atom is 0.338 e. The molecule has 7 nitrogen and oxygen atoms in total. The Kier molecular flexibility index (Phi) is 5.13. The highest BCUT2D eigenvalue weighted by atomic mass is 16.7. The van der Waals surface area contributed by atoms with E-state index in [4.69, 9.17) is 15.3 Å². The fraction of sp³-hybridized carbons (Fsp3) is 0.429. The van der Waals surface area contributed by atoms with Crippen molar-refractivity contribution < 1.29 is 19.2 Å². The van der Waals surface area contributed by atoms with Crippen molar-refractivity contribution in [3.8, 4) is 0 Å². The predicted octanol–water partition coefficient (Wildman–Crippen LogP) is 0.161. The molecule has 0 unspecified atom stereocenters. The highest BCUT2D eigenvalue weighted by Crippen LogP contribution is 2.27. The first kappa shape index (κ1) is 15.3. The number of nitrogens with zero attached hydrogens (tertiary/aromatic N) is 1. The molecule has 1 aliphatic heterocycles. The molecule has 0 spiro atoms. The van der Waals surface area contributed by atoms with E-state index in [-0.39, 0.29) is 19.1 Å². The zero-order valence-corrected chi connectivity index (χ0v) is 11.8. The number of nitrogens with one attached hydrogen (secondary N) is 1. The lowest BCUT2D eigenvalue weighted by Gasteiger charge is -2.24. The average Bonchev–Trinajstić information content (AvgIpc) is 2.92. The Hall–Kier alpha value is -2.12. The van der Waals surface area contributed by atoms with Crippen LogP contribution in [0, 0.1) is 0 Å². The minimum absolute atomic E-state index is 0.122. The van der Waals surface area contributed by atoms with Gasteiger partial charge >= 0.3 is 5.97 Å². The Morgan fingerprint density at radius 1 is 1.43 bits per heavy atom. The van der Waals surface area contributed by atoms with Crippen LogP contribution in [0.1, 0.15) is 13.3 Å². The summed E-state index contributed by atoms with van der Waals surface area (Å²) in [5, 5.41) is 4.24. The molecule has 21 heavy (non-hydrogen) atoms. The highest BCUT2D eigenvalue weighted by Gasteiger charge is 2.39. The number of anilines is 1. The van der Waals surface area contributed by atoms with Crippen molar-refractivity contribution in [1.29, 1.82) is 0 Å². The molecule has 1 heterocycles. The molecule has 3 N–H and O–H groups in total.